The van der Waals surface area contributed by atoms with Crippen molar-refractivity contribution >= 4 is 46.3 Å². The first-order valence-corrected chi connectivity index (χ1v) is 14.1. The Labute approximate surface area is 248 Å². The first-order valence-electron chi connectivity index (χ1n) is 14.1. The highest BCUT2D eigenvalue weighted by Gasteiger charge is 2.39. The van der Waals surface area contributed by atoms with Crippen molar-refractivity contribution in [3.8, 4) is 11.1 Å². The number of aromatic nitrogens is 3. The van der Waals surface area contributed by atoms with Gasteiger partial charge in [-0.15, -0.1) is 0 Å². The Kier molecular flexibility index (Phi) is 7.01. The molecule has 0 spiro atoms. The van der Waals surface area contributed by atoms with Crippen LogP contribution in [0.5, 0.6) is 0 Å². The van der Waals surface area contributed by atoms with Crippen LogP contribution in [0.2, 0.25) is 0 Å². The Balaban J connectivity index is 1.40. The third-order valence-corrected chi connectivity index (χ3v) is 7.64. The molecule has 1 aromatic carbocycles. The molecule has 222 valence electrons. The van der Waals surface area contributed by atoms with Gasteiger partial charge in [-0.2, -0.15) is 0 Å². The molecule has 0 bridgehead atoms. The van der Waals surface area contributed by atoms with E-state index >= 15 is 0 Å². The summed E-state index contributed by atoms with van der Waals surface area (Å²) in [7, 11) is 2.11. The van der Waals surface area contributed by atoms with Gasteiger partial charge in [0.2, 0.25) is 0 Å². The molecule has 0 atom stereocenters. The molecule has 2 aliphatic rings. The van der Waals surface area contributed by atoms with Gasteiger partial charge in [-0.05, 0) is 69.3 Å². The minimum Gasteiger partial charge on any atom is -0.464 e. The Morgan fingerprint density at radius 3 is 2.44 bits per heavy atom. The molecule has 1 saturated heterocycles. The van der Waals surface area contributed by atoms with Crippen LogP contribution >= 0.6 is 0 Å². The van der Waals surface area contributed by atoms with Crippen molar-refractivity contribution < 1.29 is 24.2 Å². The van der Waals surface area contributed by atoms with E-state index in [9.17, 15) is 19.5 Å². The van der Waals surface area contributed by atoms with Crippen molar-refractivity contribution in [2.75, 3.05) is 43.4 Å². The molecule has 12 nitrogen and oxygen atoms in total. The van der Waals surface area contributed by atoms with Crippen LogP contribution in [0.1, 0.15) is 36.7 Å². The number of amides is 2. The molecule has 4 aromatic rings. The Bertz CT molecular complexity index is 1730. The number of carboxylic acid groups (broad SMARTS) is 1. The summed E-state index contributed by atoms with van der Waals surface area (Å²) in [5.74, 6) is 0.0260. The van der Waals surface area contributed by atoms with Gasteiger partial charge in [-0.25, -0.2) is 19.5 Å². The second-order valence-electron chi connectivity index (χ2n) is 11.8. The van der Waals surface area contributed by atoms with Crippen molar-refractivity contribution in [3.63, 3.8) is 0 Å². The highest BCUT2D eigenvalue weighted by molar-refractivity contribution is 6.12. The van der Waals surface area contributed by atoms with Crippen molar-refractivity contribution in [1.82, 2.24) is 24.3 Å². The normalized spacial score (nSPS) is 15.6. The van der Waals surface area contributed by atoms with Crippen LogP contribution in [0, 0.1) is 0 Å². The smallest absolute Gasteiger partial charge is 0.417 e. The number of benzene rings is 1. The highest BCUT2D eigenvalue weighted by Crippen LogP contribution is 2.41. The zero-order valence-electron chi connectivity index (χ0n) is 24.5. The average molecular weight is 584 g/mol. The zero-order chi connectivity index (χ0) is 30.5. The monoisotopic (exact) mass is 583 g/mol. The molecule has 0 saturated carbocycles. The number of hydrogen-bond acceptors (Lipinski definition) is 9. The Morgan fingerprint density at radius 1 is 1.00 bits per heavy atom. The first-order chi connectivity index (χ1) is 20.5. The van der Waals surface area contributed by atoms with E-state index in [0.717, 1.165) is 41.3 Å². The SMILES string of the molecule is CN1CCN(c2ccc(Nc3ccc(-c4cn(C(=O)O)c5cccnc45)c4c3C(=O)N(C(=O)OC(C)(C)C)C4)nc2)CC1. The van der Waals surface area contributed by atoms with E-state index in [2.05, 4.69) is 32.1 Å². The fraction of sp³-hybridized carbons (Fsp3) is 0.323. The quantitative estimate of drug-likeness (QED) is 0.338. The van der Waals surface area contributed by atoms with Crippen molar-refractivity contribution in [1.29, 1.82) is 0 Å². The number of piperazine rings is 1. The van der Waals surface area contributed by atoms with Gasteiger partial charge in [0.05, 0.1) is 40.7 Å². The van der Waals surface area contributed by atoms with E-state index in [1.165, 1.54) is 6.20 Å². The van der Waals surface area contributed by atoms with Gasteiger partial charge < -0.3 is 25.0 Å². The van der Waals surface area contributed by atoms with Gasteiger partial charge in [0.25, 0.3) is 5.91 Å². The molecule has 3 aromatic heterocycles. The van der Waals surface area contributed by atoms with Crippen molar-refractivity contribution in [3.05, 3.63) is 66.1 Å². The number of nitrogens with one attached hydrogen (secondary N) is 1. The first kappa shape index (κ1) is 28.2. The van der Waals surface area contributed by atoms with E-state index in [1.807, 2.05) is 18.3 Å². The minimum absolute atomic E-state index is 0.0454. The van der Waals surface area contributed by atoms with Crippen LogP contribution < -0.4 is 10.2 Å². The highest BCUT2D eigenvalue weighted by atomic mass is 16.6. The van der Waals surface area contributed by atoms with Gasteiger partial charge in [-0.3, -0.25) is 14.3 Å². The summed E-state index contributed by atoms with van der Waals surface area (Å²) in [6, 6.07) is 10.7. The van der Waals surface area contributed by atoms with Crippen LogP contribution in [0.15, 0.2) is 55.0 Å². The number of fused-ring (bicyclic) bond motifs is 2. The minimum atomic E-state index is -1.16. The molecule has 6 rings (SSSR count). The molecule has 2 N–H and O–H groups in total. The number of carbonyl (C=O) groups is 3. The number of likely N-dealkylation sites (N-methyl/N-ethyl adjacent to an activating group) is 1. The summed E-state index contributed by atoms with van der Waals surface area (Å²) in [4.78, 5) is 53.6. The molecular weight excluding hydrogens is 550 g/mol. The van der Waals surface area contributed by atoms with Crippen molar-refractivity contribution in [2.45, 2.75) is 32.9 Å². The van der Waals surface area contributed by atoms with Gasteiger partial charge in [0.1, 0.15) is 11.4 Å². The largest absolute Gasteiger partial charge is 0.464 e. The number of anilines is 3. The van der Waals surface area contributed by atoms with E-state index in [4.69, 9.17) is 4.74 Å². The molecule has 2 aliphatic heterocycles. The average Bonchev–Trinajstić information content (AvgIpc) is 3.52. The van der Waals surface area contributed by atoms with Crippen LogP contribution in [0.4, 0.5) is 26.8 Å². The van der Waals surface area contributed by atoms with Crippen LogP contribution in [-0.4, -0.2) is 86.4 Å². The second-order valence-corrected chi connectivity index (χ2v) is 11.8. The Morgan fingerprint density at radius 2 is 1.77 bits per heavy atom. The molecule has 5 heterocycles. The molecule has 43 heavy (non-hydrogen) atoms. The number of ether oxygens (including phenoxy) is 1. The predicted molar refractivity (Wildman–Crippen MR) is 162 cm³/mol. The Hall–Kier alpha value is -4.97. The van der Waals surface area contributed by atoms with E-state index in [1.54, 1.807) is 51.2 Å². The molecule has 2 amide bonds. The van der Waals surface area contributed by atoms with Gasteiger partial charge in [0, 0.05) is 44.1 Å². The third-order valence-electron chi connectivity index (χ3n) is 7.64. The van der Waals surface area contributed by atoms with Gasteiger partial charge in [0.15, 0.2) is 0 Å². The number of imide groups is 1. The lowest BCUT2D eigenvalue weighted by atomic mass is 9.96. The van der Waals surface area contributed by atoms with E-state index < -0.39 is 23.7 Å². The maximum Gasteiger partial charge on any atom is 0.417 e. The summed E-state index contributed by atoms with van der Waals surface area (Å²) in [6.45, 7) is 8.97. The van der Waals surface area contributed by atoms with E-state index in [-0.39, 0.29) is 6.54 Å². The van der Waals surface area contributed by atoms with Gasteiger partial charge >= 0.3 is 12.2 Å². The zero-order valence-corrected chi connectivity index (χ0v) is 24.5. The molecule has 0 radical (unpaired) electrons. The topological polar surface area (TPSA) is 133 Å². The van der Waals surface area contributed by atoms with Crippen molar-refractivity contribution in [2.24, 2.45) is 0 Å². The summed E-state index contributed by atoms with van der Waals surface area (Å²) < 4.78 is 6.64. The predicted octanol–water partition coefficient (Wildman–Crippen LogP) is 5.01. The fourth-order valence-corrected chi connectivity index (χ4v) is 5.51. The lowest BCUT2D eigenvalue weighted by molar-refractivity contribution is 0.0248. The summed E-state index contributed by atoms with van der Waals surface area (Å²) in [5, 5.41) is 13.1. The maximum atomic E-state index is 13.8. The maximum absolute atomic E-state index is 13.8. The number of hydrogen-bond donors (Lipinski definition) is 2. The van der Waals surface area contributed by atoms with Crippen LogP contribution in [-0.2, 0) is 11.3 Å². The van der Waals surface area contributed by atoms with Crippen LogP contribution in [0.3, 0.4) is 0 Å². The standard InChI is InChI=1S/C31H33N7O5/c1-31(2,3)43-30(42)38-17-21-20(22-18-37(29(40)41)24-6-5-11-32-27(22)24)8-9-23(26(21)28(38)39)34-25-10-7-19(16-33-25)36-14-12-35(4)13-15-36/h5-11,16,18H,12-15,17H2,1-4H3,(H,33,34)(H,40,41). The number of carbonyl (C=O) groups excluding carboxylic acids is 2. The number of nitrogens with zero attached hydrogens (tertiary/aromatic N) is 6. The summed E-state index contributed by atoms with van der Waals surface area (Å²) in [5.41, 5.74) is 3.57. The molecule has 0 aliphatic carbocycles. The summed E-state index contributed by atoms with van der Waals surface area (Å²) >= 11 is 0. The molecule has 1 fully saturated rings. The lowest BCUT2D eigenvalue weighted by Gasteiger charge is -2.33. The molecular formula is C31H33N7O5. The molecule has 12 heteroatoms. The van der Waals surface area contributed by atoms with E-state index in [0.29, 0.717) is 44.8 Å². The molecule has 0 unspecified atom stereocenters. The third kappa shape index (κ3) is 5.37. The number of rotatable bonds is 4. The number of pyridine rings is 2. The lowest BCUT2D eigenvalue weighted by Crippen LogP contribution is -2.44. The van der Waals surface area contributed by atoms with Gasteiger partial charge in [-0.1, -0.05) is 6.07 Å². The second kappa shape index (κ2) is 10.7. The summed E-state index contributed by atoms with van der Waals surface area (Å²) in [6.07, 6.45) is 2.97. The fourth-order valence-electron chi connectivity index (χ4n) is 5.51. The van der Waals surface area contributed by atoms with Crippen LogP contribution in [0.25, 0.3) is 22.2 Å².